The first-order valence-electron chi connectivity index (χ1n) is 11.3. The lowest BCUT2D eigenvalue weighted by Gasteiger charge is -2.42. The van der Waals surface area contributed by atoms with Crippen LogP contribution in [0.5, 0.6) is 0 Å². The Morgan fingerprint density at radius 3 is 2.77 bits per heavy atom. The molecule has 0 aliphatic carbocycles. The number of rotatable bonds is 7. The van der Waals surface area contributed by atoms with E-state index in [9.17, 15) is 4.79 Å². The molecule has 1 aromatic carbocycles. The van der Waals surface area contributed by atoms with Crippen molar-refractivity contribution >= 4 is 23.0 Å². The number of aromatic nitrogens is 1. The molecule has 7 nitrogen and oxygen atoms in total. The highest BCUT2D eigenvalue weighted by Gasteiger charge is 2.33. The smallest absolute Gasteiger partial charge is 0.298 e. The maximum absolute atomic E-state index is 13.0. The quantitative estimate of drug-likeness (QED) is 0.694. The number of carbonyl (C=O) groups excluding carboxylic acids is 1. The van der Waals surface area contributed by atoms with Gasteiger partial charge in [-0.2, -0.15) is 4.98 Å². The number of benzene rings is 1. The zero-order valence-corrected chi connectivity index (χ0v) is 18.3. The first-order chi connectivity index (χ1) is 14.7. The average molecular weight is 415 g/mol. The minimum Gasteiger partial charge on any atom is -0.423 e. The predicted molar refractivity (Wildman–Crippen MR) is 118 cm³/mol. The fourth-order valence-electron chi connectivity index (χ4n) is 4.84. The van der Waals surface area contributed by atoms with Crippen LogP contribution in [0, 0.1) is 5.92 Å². The average Bonchev–Trinajstić information content (AvgIpc) is 3.24. The largest absolute Gasteiger partial charge is 0.423 e. The summed E-state index contributed by atoms with van der Waals surface area (Å²) in [5.41, 5.74) is 1.77. The molecule has 7 heteroatoms. The van der Waals surface area contributed by atoms with Crippen molar-refractivity contribution in [2.24, 2.45) is 5.92 Å². The normalized spacial score (nSPS) is 21.3. The summed E-state index contributed by atoms with van der Waals surface area (Å²) in [6.07, 6.45) is 4.27. The van der Waals surface area contributed by atoms with Crippen LogP contribution >= 0.6 is 0 Å². The summed E-state index contributed by atoms with van der Waals surface area (Å²) in [5.74, 6) is 0.411. The van der Waals surface area contributed by atoms with Crippen LogP contribution in [0.2, 0.25) is 0 Å². The van der Waals surface area contributed by atoms with Gasteiger partial charge >= 0.3 is 0 Å². The lowest BCUT2D eigenvalue weighted by molar-refractivity contribution is -0.138. The first-order valence-corrected chi connectivity index (χ1v) is 11.3. The van der Waals surface area contributed by atoms with E-state index >= 15 is 0 Å². The highest BCUT2D eigenvalue weighted by molar-refractivity contribution is 5.79. The summed E-state index contributed by atoms with van der Waals surface area (Å²) in [6, 6.07) is 9.20. The van der Waals surface area contributed by atoms with Gasteiger partial charge in [0.15, 0.2) is 5.58 Å². The van der Waals surface area contributed by atoms with E-state index in [2.05, 4.69) is 21.7 Å². The van der Waals surface area contributed by atoms with Gasteiger partial charge < -0.3 is 19.0 Å². The van der Waals surface area contributed by atoms with Crippen molar-refractivity contribution in [1.29, 1.82) is 0 Å². The van der Waals surface area contributed by atoms with Gasteiger partial charge in [-0.15, -0.1) is 0 Å². The molecule has 1 aromatic heterocycles. The molecule has 2 aliphatic heterocycles. The van der Waals surface area contributed by atoms with Crippen molar-refractivity contribution in [2.75, 3.05) is 57.9 Å². The molecule has 0 N–H and O–H groups in total. The number of fused-ring (bicyclic) bond motifs is 1. The molecule has 2 saturated heterocycles. The highest BCUT2D eigenvalue weighted by atomic mass is 16.5. The van der Waals surface area contributed by atoms with Crippen molar-refractivity contribution in [1.82, 2.24) is 14.8 Å². The van der Waals surface area contributed by atoms with Crippen LogP contribution in [0.25, 0.3) is 11.1 Å². The molecule has 4 rings (SSSR count). The third-order valence-corrected chi connectivity index (χ3v) is 6.59. The zero-order valence-electron chi connectivity index (χ0n) is 18.3. The Balaban J connectivity index is 1.32. The molecular weight excluding hydrogens is 380 g/mol. The number of oxazole rings is 1. The van der Waals surface area contributed by atoms with Gasteiger partial charge in [0, 0.05) is 45.9 Å². The molecule has 1 amide bonds. The SMILES string of the molecule is CCN(CCOC)C(=O)[C@@H]1CCCN(C2CCN(c3nc4ccccc4o3)CC2)C1. The van der Waals surface area contributed by atoms with E-state index in [4.69, 9.17) is 9.15 Å². The first kappa shape index (κ1) is 21.1. The fourth-order valence-corrected chi connectivity index (χ4v) is 4.84. The highest BCUT2D eigenvalue weighted by Crippen LogP contribution is 2.28. The molecule has 2 fully saturated rings. The molecule has 2 aromatic rings. The molecular formula is C23H34N4O3. The zero-order chi connectivity index (χ0) is 20.9. The number of likely N-dealkylation sites (tertiary alicyclic amines) is 1. The molecule has 2 aliphatic rings. The molecule has 164 valence electrons. The van der Waals surface area contributed by atoms with E-state index < -0.39 is 0 Å². The van der Waals surface area contributed by atoms with Crippen LogP contribution < -0.4 is 4.90 Å². The van der Waals surface area contributed by atoms with Gasteiger partial charge in [-0.1, -0.05) is 12.1 Å². The Kier molecular flexibility index (Phi) is 6.89. The van der Waals surface area contributed by atoms with E-state index in [0.29, 0.717) is 25.1 Å². The van der Waals surface area contributed by atoms with Crippen LogP contribution in [0.4, 0.5) is 6.01 Å². The third-order valence-electron chi connectivity index (χ3n) is 6.59. The van der Waals surface area contributed by atoms with Gasteiger partial charge in [0.25, 0.3) is 6.01 Å². The number of methoxy groups -OCH3 is 1. The van der Waals surface area contributed by atoms with E-state index in [1.807, 2.05) is 29.2 Å². The summed E-state index contributed by atoms with van der Waals surface area (Å²) >= 11 is 0. The van der Waals surface area contributed by atoms with Crippen molar-refractivity contribution in [3.8, 4) is 0 Å². The van der Waals surface area contributed by atoms with Crippen molar-refractivity contribution in [3.63, 3.8) is 0 Å². The molecule has 1 atom stereocenters. The molecule has 3 heterocycles. The van der Waals surface area contributed by atoms with Crippen molar-refractivity contribution in [2.45, 2.75) is 38.6 Å². The molecule has 0 radical (unpaired) electrons. The standard InChI is InChI=1S/C23H34N4O3/c1-3-25(15-16-29-2)22(28)18-7-6-12-27(17-18)19-10-13-26(14-11-19)23-24-20-8-4-5-9-21(20)30-23/h4-5,8-9,18-19H,3,6-7,10-17H2,1-2H3/t18-/m1/s1. The monoisotopic (exact) mass is 414 g/mol. The lowest BCUT2D eigenvalue weighted by Crippen LogP contribution is -2.51. The number of para-hydroxylation sites is 2. The second-order valence-corrected chi connectivity index (χ2v) is 8.43. The lowest BCUT2D eigenvalue weighted by atomic mass is 9.93. The van der Waals surface area contributed by atoms with Crippen LogP contribution in [-0.4, -0.2) is 79.7 Å². The van der Waals surface area contributed by atoms with Gasteiger partial charge in [0.2, 0.25) is 5.91 Å². The molecule has 0 bridgehead atoms. The Morgan fingerprint density at radius 1 is 1.23 bits per heavy atom. The number of amides is 1. The second-order valence-electron chi connectivity index (χ2n) is 8.43. The molecule has 0 unspecified atom stereocenters. The van der Waals surface area contributed by atoms with Gasteiger partial charge in [0.1, 0.15) is 5.52 Å². The maximum atomic E-state index is 13.0. The van der Waals surface area contributed by atoms with Gasteiger partial charge in [-0.25, -0.2) is 0 Å². The minimum atomic E-state index is 0.116. The van der Waals surface area contributed by atoms with Crippen LogP contribution in [0.15, 0.2) is 28.7 Å². The number of likely N-dealkylation sites (N-methyl/N-ethyl adjacent to an activating group) is 1. The van der Waals surface area contributed by atoms with E-state index in [1.54, 1.807) is 7.11 Å². The Labute approximate surface area is 179 Å². The number of nitrogens with zero attached hydrogens (tertiary/aromatic N) is 4. The Bertz CT molecular complexity index is 798. The van der Waals surface area contributed by atoms with E-state index in [1.165, 1.54) is 0 Å². The number of ether oxygens (including phenoxy) is 1. The number of carbonyl (C=O) groups is 1. The predicted octanol–water partition coefficient (Wildman–Crippen LogP) is 3.00. The topological polar surface area (TPSA) is 62.1 Å². The fraction of sp³-hybridized carbons (Fsp3) is 0.652. The summed E-state index contributed by atoms with van der Waals surface area (Å²) in [4.78, 5) is 24.4. The molecule has 0 spiro atoms. The van der Waals surface area contributed by atoms with Gasteiger partial charge in [-0.3, -0.25) is 9.69 Å². The molecule has 0 saturated carbocycles. The van der Waals surface area contributed by atoms with Gasteiger partial charge in [-0.05, 0) is 51.3 Å². The Hall–Kier alpha value is -2.12. The number of piperidine rings is 2. The minimum absolute atomic E-state index is 0.116. The maximum Gasteiger partial charge on any atom is 0.298 e. The number of hydrogen-bond acceptors (Lipinski definition) is 6. The summed E-state index contributed by atoms with van der Waals surface area (Å²) in [6.45, 7) is 7.97. The summed E-state index contributed by atoms with van der Waals surface area (Å²) < 4.78 is 11.1. The molecule has 30 heavy (non-hydrogen) atoms. The van der Waals surface area contributed by atoms with E-state index in [0.717, 1.165) is 75.5 Å². The summed E-state index contributed by atoms with van der Waals surface area (Å²) in [7, 11) is 1.69. The number of hydrogen-bond donors (Lipinski definition) is 0. The van der Waals surface area contributed by atoms with E-state index in [-0.39, 0.29) is 5.92 Å². The Morgan fingerprint density at radius 2 is 2.03 bits per heavy atom. The van der Waals surface area contributed by atoms with Gasteiger partial charge in [0.05, 0.1) is 12.5 Å². The van der Waals surface area contributed by atoms with Crippen LogP contribution in [0.3, 0.4) is 0 Å². The van der Waals surface area contributed by atoms with Crippen LogP contribution in [0.1, 0.15) is 32.6 Å². The third kappa shape index (κ3) is 4.62. The van der Waals surface area contributed by atoms with Crippen LogP contribution in [-0.2, 0) is 9.53 Å². The van der Waals surface area contributed by atoms with Crippen molar-refractivity contribution in [3.05, 3.63) is 24.3 Å². The summed E-state index contributed by atoms with van der Waals surface area (Å²) in [5, 5.41) is 0. The van der Waals surface area contributed by atoms with Crippen molar-refractivity contribution < 1.29 is 13.9 Å². The second kappa shape index (κ2) is 9.79. The number of anilines is 1.